The number of thiophene rings is 1. The summed E-state index contributed by atoms with van der Waals surface area (Å²) in [7, 11) is 0. The standard InChI is InChI=1S/C52H42N2S/c1-4-15-35(16-5-1)50-53-47(49-48(54-50)38-18-7-9-22-45(38)55-49)34-25-23-33(24-26-34)36-19-14-21-42-46(36)40-32-43-39(31-44(40)52(42)29-12-3-13-30-52)37-17-6-8-20-41(37)51(43)27-10-2-11-28-51/h1,4-9,14-26,31-32H,2-3,10-13,27-30H2. The molecule has 6 aromatic carbocycles. The van der Waals surface area contributed by atoms with Gasteiger partial charge in [-0.3, -0.25) is 0 Å². The Labute approximate surface area is 327 Å². The fourth-order valence-electron chi connectivity index (χ4n) is 11.4. The second-order valence-electron chi connectivity index (χ2n) is 16.6. The number of benzene rings is 6. The highest BCUT2D eigenvalue weighted by molar-refractivity contribution is 7.26. The monoisotopic (exact) mass is 726 g/mol. The van der Waals surface area contributed by atoms with Crippen LogP contribution in [-0.2, 0) is 10.8 Å². The van der Waals surface area contributed by atoms with Gasteiger partial charge in [0, 0.05) is 32.0 Å². The van der Waals surface area contributed by atoms with Crippen LogP contribution in [0, 0.1) is 0 Å². The summed E-state index contributed by atoms with van der Waals surface area (Å²) >= 11 is 1.80. The zero-order valence-corrected chi connectivity index (χ0v) is 31.9. The molecule has 2 nitrogen and oxygen atoms in total. The summed E-state index contributed by atoms with van der Waals surface area (Å²) in [5, 5.41) is 1.19. The molecular formula is C52H42N2S. The first-order valence-electron chi connectivity index (χ1n) is 20.5. The Morgan fingerprint density at radius 2 is 1.05 bits per heavy atom. The second kappa shape index (κ2) is 12.1. The summed E-state index contributed by atoms with van der Waals surface area (Å²) in [6, 6.07) is 50.4. The van der Waals surface area contributed by atoms with Crippen LogP contribution in [0.15, 0.2) is 133 Å². The van der Waals surface area contributed by atoms with Gasteiger partial charge in [0.25, 0.3) is 0 Å². The molecule has 266 valence electrons. The van der Waals surface area contributed by atoms with Gasteiger partial charge in [0.1, 0.15) is 0 Å². The van der Waals surface area contributed by atoms with Gasteiger partial charge in [-0.15, -0.1) is 11.3 Å². The van der Waals surface area contributed by atoms with Crippen molar-refractivity contribution >= 4 is 31.6 Å². The van der Waals surface area contributed by atoms with Crippen molar-refractivity contribution in [3.63, 3.8) is 0 Å². The fourth-order valence-corrected chi connectivity index (χ4v) is 12.6. The maximum Gasteiger partial charge on any atom is 0.160 e. The topological polar surface area (TPSA) is 25.8 Å². The van der Waals surface area contributed by atoms with Crippen molar-refractivity contribution < 1.29 is 0 Å². The van der Waals surface area contributed by atoms with Crippen LogP contribution < -0.4 is 0 Å². The van der Waals surface area contributed by atoms with E-state index in [1.54, 1.807) is 33.6 Å². The van der Waals surface area contributed by atoms with Crippen LogP contribution in [0.4, 0.5) is 0 Å². The summed E-state index contributed by atoms with van der Waals surface area (Å²) in [5.41, 5.74) is 19.4. The van der Waals surface area contributed by atoms with E-state index in [9.17, 15) is 0 Å². The summed E-state index contributed by atoms with van der Waals surface area (Å²) < 4.78 is 2.39. The van der Waals surface area contributed by atoms with E-state index in [1.807, 2.05) is 0 Å². The molecule has 0 saturated heterocycles. The van der Waals surface area contributed by atoms with Crippen LogP contribution in [0.2, 0.25) is 0 Å². The summed E-state index contributed by atoms with van der Waals surface area (Å²) in [6.07, 6.45) is 12.9. The lowest BCUT2D eigenvalue weighted by atomic mass is 9.66. The maximum absolute atomic E-state index is 5.27. The lowest BCUT2D eigenvalue weighted by molar-refractivity contribution is 0.350. The molecular weight excluding hydrogens is 685 g/mol. The third-order valence-corrected chi connectivity index (χ3v) is 15.1. The van der Waals surface area contributed by atoms with E-state index in [2.05, 4.69) is 133 Å². The number of hydrogen-bond acceptors (Lipinski definition) is 3. The zero-order chi connectivity index (χ0) is 36.1. The lowest BCUT2D eigenvalue weighted by Gasteiger charge is -2.37. The molecule has 0 amide bonds. The molecule has 0 unspecified atom stereocenters. The molecule has 0 aliphatic heterocycles. The van der Waals surface area contributed by atoms with Crippen molar-refractivity contribution in [2.75, 3.05) is 0 Å². The van der Waals surface area contributed by atoms with Gasteiger partial charge in [-0.1, -0.05) is 154 Å². The third-order valence-electron chi connectivity index (χ3n) is 13.9. The largest absolute Gasteiger partial charge is 0.226 e. The molecule has 0 radical (unpaired) electrons. The van der Waals surface area contributed by atoms with Gasteiger partial charge in [0.05, 0.1) is 15.9 Å². The van der Waals surface area contributed by atoms with Gasteiger partial charge < -0.3 is 0 Å². The Morgan fingerprint density at radius 1 is 0.436 bits per heavy atom. The first-order valence-corrected chi connectivity index (χ1v) is 21.3. The molecule has 2 heterocycles. The molecule has 2 spiro atoms. The minimum atomic E-state index is 0.0900. The van der Waals surface area contributed by atoms with E-state index >= 15 is 0 Å². The number of aromatic nitrogens is 2. The molecule has 2 fully saturated rings. The highest BCUT2D eigenvalue weighted by Gasteiger charge is 2.49. The molecule has 2 saturated carbocycles. The van der Waals surface area contributed by atoms with Gasteiger partial charge in [-0.2, -0.15) is 0 Å². The lowest BCUT2D eigenvalue weighted by Crippen LogP contribution is -2.29. The summed E-state index contributed by atoms with van der Waals surface area (Å²) in [4.78, 5) is 10.4. The van der Waals surface area contributed by atoms with Crippen LogP contribution >= 0.6 is 11.3 Å². The van der Waals surface area contributed by atoms with E-state index < -0.39 is 0 Å². The second-order valence-corrected chi connectivity index (χ2v) is 17.7. The normalized spacial score (nSPS) is 17.4. The summed E-state index contributed by atoms with van der Waals surface area (Å²) in [6.45, 7) is 0. The van der Waals surface area contributed by atoms with Crippen molar-refractivity contribution in [2.45, 2.75) is 75.0 Å². The molecule has 4 aliphatic rings. The third kappa shape index (κ3) is 4.54. The quantitative estimate of drug-likeness (QED) is 0.181. The van der Waals surface area contributed by atoms with Gasteiger partial charge in [0.15, 0.2) is 5.82 Å². The van der Waals surface area contributed by atoms with E-state index in [4.69, 9.17) is 9.97 Å². The first-order chi connectivity index (χ1) is 27.2. The van der Waals surface area contributed by atoms with Gasteiger partial charge in [-0.25, -0.2) is 9.97 Å². The molecule has 12 rings (SSSR count). The van der Waals surface area contributed by atoms with E-state index in [-0.39, 0.29) is 10.8 Å². The van der Waals surface area contributed by atoms with Crippen molar-refractivity contribution in [1.29, 1.82) is 0 Å². The number of fused-ring (bicyclic) bond motifs is 13. The van der Waals surface area contributed by atoms with Crippen LogP contribution in [0.5, 0.6) is 0 Å². The van der Waals surface area contributed by atoms with Gasteiger partial charge in [-0.05, 0) is 99.5 Å². The van der Waals surface area contributed by atoms with E-state index in [1.165, 1.54) is 108 Å². The Kier molecular flexibility index (Phi) is 7.00. The average Bonchev–Trinajstić information content (AvgIpc) is 3.85. The van der Waals surface area contributed by atoms with Crippen LogP contribution in [0.3, 0.4) is 0 Å². The maximum atomic E-state index is 5.27. The predicted molar refractivity (Wildman–Crippen MR) is 230 cm³/mol. The smallest absolute Gasteiger partial charge is 0.160 e. The number of rotatable bonds is 3. The molecule has 3 heteroatoms. The van der Waals surface area contributed by atoms with Crippen molar-refractivity contribution in [3.8, 4) is 56.0 Å². The minimum absolute atomic E-state index is 0.0900. The van der Waals surface area contributed by atoms with Gasteiger partial charge in [0.2, 0.25) is 0 Å². The SMILES string of the molecule is c1ccc(-c2nc(-c3ccc(-c4cccc5c4-c4cc6c(cc4C54CCCCC4)-c4ccccc4C64CCCCC4)cc3)c3sc4ccccc4c3n2)cc1. The van der Waals surface area contributed by atoms with Crippen molar-refractivity contribution in [2.24, 2.45) is 0 Å². The molecule has 8 aromatic rings. The Morgan fingerprint density at radius 3 is 1.85 bits per heavy atom. The van der Waals surface area contributed by atoms with E-state index in [0.29, 0.717) is 0 Å². The Bertz CT molecular complexity index is 2820. The first kappa shape index (κ1) is 31.9. The van der Waals surface area contributed by atoms with Crippen LogP contribution in [-0.4, -0.2) is 9.97 Å². The van der Waals surface area contributed by atoms with Gasteiger partial charge >= 0.3 is 0 Å². The fraction of sp³-hybridized carbons (Fsp3) is 0.231. The summed E-state index contributed by atoms with van der Waals surface area (Å²) in [5.74, 6) is 0.774. The van der Waals surface area contributed by atoms with Crippen LogP contribution in [0.25, 0.3) is 76.3 Å². The van der Waals surface area contributed by atoms with Crippen LogP contribution in [0.1, 0.15) is 86.5 Å². The number of nitrogens with zero attached hydrogens (tertiary/aromatic N) is 2. The molecule has 0 bridgehead atoms. The Balaban J connectivity index is 1.03. The Hall–Kier alpha value is -5.38. The van der Waals surface area contributed by atoms with Crippen molar-refractivity contribution in [1.82, 2.24) is 9.97 Å². The van der Waals surface area contributed by atoms with Crippen molar-refractivity contribution in [3.05, 3.63) is 156 Å². The predicted octanol–water partition coefficient (Wildman–Crippen LogP) is 14.3. The highest BCUT2D eigenvalue weighted by Crippen LogP contribution is 2.63. The molecule has 2 aromatic heterocycles. The number of hydrogen-bond donors (Lipinski definition) is 0. The minimum Gasteiger partial charge on any atom is -0.226 e. The molecule has 0 atom stereocenters. The molecule has 4 aliphatic carbocycles. The zero-order valence-electron chi connectivity index (χ0n) is 31.1. The average molecular weight is 727 g/mol. The highest BCUT2D eigenvalue weighted by atomic mass is 32.1. The molecule has 55 heavy (non-hydrogen) atoms. The molecule has 0 N–H and O–H groups in total. The van der Waals surface area contributed by atoms with E-state index in [0.717, 1.165) is 32.9 Å².